The Bertz CT molecular complexity index is 384. The quantitative estimate of drug-likeness (QED) is 0.306. The highest BCUT2D eigenvalue weighted by molar-refractivity contribution is 5.75. The van der Waals surface area contributed by atoms with Gasteiger partial charge < -0.3 is 30.6 Å². The number of carbonyl (C=O) groups is 5. The van der Waals surface area contributed by atoms with Gasteiger partial charge in [0, 0.05) is 12.8 Å². The van der Waals surface area contributed by atoms with Gasteiger partial charge in [-0.3, -0.25) is 19.2 Å². The van der Waals surface area contributed by atoms with Crippen LogP contribution in [0.25, 0.3) is 0 Å². The average molecular weight is 354 g/mol. The van der Waals surface area contributed by atoms with E-state index in [1.165, 1.54) is 6.92 Å². The zero-order chi connectivity index (χ0) is 19.7. The maximum Gasteiger partial charge on any atom is 0.332 e. The third kappa shape index (κ3) is 36.5. The van der Waals surface area contributed by atoms with Crippen molar-refractivity contribution in [3.05, 3.63) is 0 Å². The van der Waals surface area contributed by atoms with Crippen LogP contribution in [0.3, 0.4) is 0 Å². The Balaban J connectivity index is -0.000000285. The third-order valence-electron chi connectivity index (χ3n) is 1.94. The lowest BCUT2D eigenvalue weighted by atomic mass is 10.2. The van der Waals surface area contributed by atoms with Crippen molar-refractivity contribution in [1.29, 1.82) is 0 Å². The summed E-state index contributed by atoms with van der Waals surface area (Å²) < 4.78 is 0. The van der Waals surface area contributed by atoms with E-state index in [4.69, 9.17) is 30.6 Å². The minimum Gasteiger partial charge on any atom is -0.481 e. The van der Waals surface area contributed by atoms with E-state index in [1.807, 2.05) is 0 Å². The highest BCUT2D eigenvalue weighted by atomic mass is 16.4. The number of aliphatic hydroxyl groups excluding tert-OH is 1. The molecule has 0 saturated carbocycles. The van der Waals surface area contributed by atoms with Gasteiger partial charge in [0.15, 0.2) is 0 Å². The van der Waals surface area contributed by atoms with E-state index in [0.717, 1.165) is 0 Å². The summed E-state index contributed by atoms with van der Waals surface area (Å²) in [4.78, 5) is 48.5. The van der Waals surface area contributed by atoms with E-state index < -0.39 is 36.0 Å². The van der Waals surface area contributed by atoms with E-state index in [0.29, 0.717) is 12.8 Å². The zero-order valence-corrected chi connectivity index (χ0v) is 13.0. The summed E-state index contributed by atoms with van der Waals surface area (Å²) in [6.07, 6.45) is -0.806. The Hall–Kier alpha value is -2.69. The SMILES string of the molecule is CC(O)C(=O)O.O=C(O)CCC(=O)O.O=C(O)CCCCC(=O)O. The van der Waals surface area contributed by atoms with Crippen molar-refractivity contribution < 1.29 is 54.6 Å². The summed E-state index contributed by atoms with van der Waals surface area (Å²) in [5, 5.41) is 47.8. The molecule has 0 aromatic heterocycles. The number of aliphatic hydroxyl groups is 1. The Morgan fingerprint density at radius 2 is 0.833 bits per heavy atom. The van der Waals surface area contributed by atoms with Gasteiger partial charge >= 0.3 is 29.8 Å². The predicted molar refractivity (Wildman–Crippen MR) is 77.6 cm³/mol. The molecule has 0 heterocycles. The van der Waals surface area contributed by atoms with Gasteiger partial charge in [-0.2, -0.15) is 0 Å². The summed E-state index contributed by atoms with van der Waals surface area (Å²) in [5.41, 5.74) is 0. The molecule has 11 heteroatoms. The second-order valence-electron chi connectivity index (χ2n) is 4.30. The molecule has 0 aliphatic rings. The summed E-state index contributed by atoms with van der Waals surface area (Å²) in [6, 6.07) is 0. The standard InChI is InChI=1S/C6H10O4.C4H6O4.C3H6O3/c7-5(8)3-1-2-4-6(9)10;5-3(6)1-2-4(7)8;1-2(4)3(5)6/h1-4H2,(H,7,8)(H,9,10);1-2H2,(H,5,6)(H,7,8);2,4H,1H3,(H,5,6). The van der Waals surface area contributed by atoms with Crippen LogP contribution in [0.4, 0.5) is 0 Å². The molecule has 0 fully saturated rings. The lowest BCUT2D eigenvalue weighted by Crippen LogP contribution is -2.13. The maximum atomic E-state index is 9.90. The van der Waals surface area contributed by atoms with Crippen LogP contribution in [-0.2, 0) is 24.0 Å². The Morgan fingerprint density at radius 1 is 0.625 bits per heavy atom. The number of carboxylic acid groups (broad SMARTS) is 5. The Morgan fingerprint density at radius 3 is 0.958 bits per heavy atom. The van der Waals surface area contributed by atoms with E-state index >= 15 is 0 Å². The molecular formula is C13H22O11. The average Bonchev–Trinajstić information content (AvgIpc) is 2.42. The third-order valence-corrected chi connectivity index (χ3v) is 1.94. The smallest absolute Gasteiger partial charge is 0.332 e. The Kier molecular flexibility index (Phi) is 18.2. The molecule has 0 spiro atoms. The van der Waals surface area contributed by atoms with Crippen molar-refractivity contribution in [2.45, 2.75) is 51.6 Å². The predicted octanol–water partition coefficient (Wildman–Crippen LogP) is 0.104. The van der Waals surface area contributed by atoms with Crippen LogP contribution in [0.5, 0.6) is 0 Å². The molecule has 0 aromatic rings. The number of aliphatic carboxylic acids is 5. The molecule has 0 aliphatic carbocycles. The fourth-order valence-corrected chi connectivity index (χ4v) is 0.766. The van der Waals surface area contributed by atoms with Crippen LogP contribution in [-0.4, -0.2) is 66.6 Å². The lowest BCUT2D eigenvalue weighted by Gasteiger charge is -1.92. The normalized spacial score (nSPS) is 10.1. The molecule has 0 radical (unpaired) electrons. The molecular weight excluding hydrogens is 332 g/mol. The van der Waals surface area contributed by atoms with E-state index in [1.54, 1.807) is 0 Å². The fourth-order valence-electron chi connectivity index (χ4n) is 0.766. The topological polar surface area (TPSA) is 207 Å². The van der Waals surface area contributed by atoms with Crippen LogP contribution in [0.2, 0.25) is 0 Å². The summed E-state index contributed by atoms with van der Waals surface area (Å²) >= 11 is 0. The minimum absolute atomic E-state index is 0.0628. The van der Waals surface area contributed by atoms with Crippen molar-refractivity contribution >= 4 is 29.8 Å². The molecule has 11 nitrogen and oxygen atoms in total. The van der Waals surface area contributed by atoms with Gasteiger partial charge in [0.1, 0.15) is 6.10 Å². The Labute approximate surface area is 137 Å². The van der Waals surface area contributed by atoms with Crippen molar-refractivity contribution in [2.75, 3.05) is 0 Å². The molecule has 1 unspecified atom stereocenters. The zero-order valence-electron chi connectivity index (χ0n) is 13.0. The largest absolute Gasteiger partial charge is 0.481 e. The van der Waals surface area contributed by atoms with Gasteiger partial charge in [-0.25, -0.2) is 4.79 Å². The van der Waals surface area contributed by atoms with Crippen molar-refractivity contribution in [1.82, 2.24) is 0 Å². The first-order chi connectivity index (χ1) is 10.9. The molecule has 1 atom stereocenters. The highest BCUT2D eigenvalue weighted by Gasteiger charge is 2.01. The first-order valence-electron chi connectivity index (χ1n) is 6.68. The number of carboxylic acids is 5. The van der Waals surface area contributed by atoms with Crippen LogP contribution >= 0.6 is 0 Å². The molecule has 140 valence electrons. The molecule has 0 aromatic carbocycles. The maximum absolute atomic E-state index is 9.90. The molecule has 0 bridgehead atoms. The van der Waals surface area contributed by atoms with Crippen LogP contribution in [0.1, 0.15) is 45.4 Å². The lowest BCUT2D eigenvalue weighted by molar-refractivity contribution is -0.145. The second-order valence-corrected chi connectivity index (χ2v) is 4.30. The highest BCUT2D eigenvalue weighted by Crippen LogP contribution is 1.98. The number of rotatable bonds is 9. The van der Waals surface area contributed by atoms with Crippen LogP contribution < -0.4 is 0 Å². The van der Waals surface area contributed by atoms with Crippen molar-refractivity contribution in [3.63, 3.8) is 0 Å². The monoisotopic (exact) mass is 354 g/mol. The van der Waals surface area contributed by atoms with Gasteiger partial charge in [-0.1, -0.05) is 0 Å². The first kappa shape index (κ1) is 26.2. The molecule has 6 N–H and O–H groups in total. The van der Waals surface area contributed by atoms with Crippen LogP contribution in [0, 0.1) is 0 Å². The van der Waals surface area contributed by atoms with Gasteiger partial charge in [-0.15, -0.1) is 0 Å². The van der Waals surface area contributed by atoms with E-state index in [-0.39, 0.29) is 25.7 Å². The molecule has 0 amide bonds. The van der Waals surface area contributed by atoms with E-state index in [9.17, 15) is 24.0 Å². The summed E-state index contributed by atoms with van der Waals surface area (Å²) in [7, 11) is 0. The number of hydrogen-bond donors (Lipinski definition) is 6. The summed E-state index contributed by atoms with van der Waals surface area (Å²) in [5.74, 6) is -5.08. The van der Waals surface area contributed by atoms with Gasteiger partial charge in [-0.05, 0) is 19.8 Å². The van der Waals surface area contributed by atoms with E-state index in [2.05, 4.69) is 0 Å². The first-order valence-corrected chi connectivity index (χ1v) is 6.68. The van der Waals surface area contributed by atoms with Gasteiger partial charge in [0.2, 0.25) is 0 Å². The summed E-state index contributed by atoms with van der Waals surface area (Å²) in [6.45, 7) is 1.20. The molecule has 0 rings (SSSR count). The van der Waals surface area contributed by atoms with Crippen molar-refractivity contribution in [3.8, 4) is 0 Å². The molecule has 0 saturated heterocycles. The second kappa shape index (κ2) is 16.7. The number of unbranched alkanes of at least 4 members (excludes halogenated alkanes) is 1. The minimum atomic E-state index is -1.23. The fraction of sp³-hybridized carbons (Fsp3) is 0.615. The number of hydrogen-bond acceptors (Lipinski definition) is 6. The molecule has 24 heavy (non-hydrogen) atoms. The van der Waals surface area contributed by atoms with Crippen LogP contribution in [0.15, 0.2) is 0 Å². The van der Waals surface area contributed by atoms with Crippen molar-refractivity contribution in [2.24, 2.45) is 0 Å². The molecule has 0 aliphatic heterocycles. The van der Waals surface area contributed by atoms with Gasteiger partial charge in [0.05, 0.1) is 12.8 Å². The van der Waals surface area contributed by atoms with Gasteiger partial charge in [0.25, 0.3) is 0 Å².